The molecule has 3 aromatic rings. The number of likely N-dealkylation sites (N-methyl/N-ethyl adjacent to an activating group) is 1. The largest absolute Gasteiger partial charge is 0.497 e. The molecule has 1 aromatic heterocycles. The fourth-order valence-electron chi connectivity index (χ4n) is 6.43. The van der Waals surface area contributed by atoms with Crippen molar-refractivity contribution in [3.05, 3.63) is 70.6 Å². The minimum absolute atomic E-state index is 0.0234. The third kappa shape index (κ3) is 6.27. The summed E-state index contributed by atoms with van der Waals surface area (Å²) in [4.78, 5) is 6.40. The number of methoxy groups -OCH3 is 3. The van der Waals surface area contributed by atoms with Crippen molar-refractivity contribution < 1.29 is 35.8 Å². The molecule has 2 aliphatic heterocycles. The Kier molecular flexibility index (Phi) is 9.73. The molecule has 244 valence electrons. The highest BCUT2D eigenvalue weighted by molar-refractivity contribution is 7.92. The van der Waals surface area contributed by atoms with Crippen molar-refractivity contribution in [3.8, 4) is 11.5 Å². The van der Waals surface area contributed by atoms with Crippen LogP contribution in [-0.4, -0.2) is 78.0 Å². The average Bonchev–Trinajstić information content (AvgIpc) is 3.47. The van der Waals surface area contributed by atoms with Crippen LogP contribution in [0.2, 0.25) is 5.02 Å². The zero-order valence-electron chi connectivity index (χ0n) is 25.5. The molecule has 0 N–H and O–H groups in total. The standard InChI is InChI=1S/C31H36ClF3N4O5S/c1-37-14-6-5-8-25(37)31(44-4)13-15-38(19-31)23-17-22(33)30(29(35)28(23)32)45(40,41)39(27-10-7-9-26(34)36-27)18-20-11-12-21(42-2)16-24(20)43-3/h7,9-12,16-17,25H,5-6,8,13-15,18-19H2,1-4H3. The second-order valence-electron chi connectivity index (χ2n) is 11.3. The number of sulfonamides is 1. The predicted molar refractivity (Wildman–Crippen MR) is 165 cm³/mol. The van der Waals surface area contributed by atoms with Crippen LogP contribution in [0.3, 0.4) is 0 Å². The lowest BCUT2D eigenvalue weighted by Gasteiger charge is -2.44. The molecule has 2 aromatic carbocycles. The maximum Gasteiger partial charge on any atom is 0.271 e. The summed E-state index contributed by atoms with van der Waals surface area (Å²) in [6.07, 6.45) is 3.66. The van der Waals surface area contributed by atoms with Crippen LogP contribution in [-0.2, 0) is 21.3 Å². The highest BCUT2D eigenvalue weighted by atomic mass is 35.5. The highest BCUT2D eigenvalue weighted by Crippen LogP contribution is 2.42. The van der Waals surface area contributed by atoms with Gasteiger partial charge in [-0.1, -0.05) is 24.1 Å². The summed E-state index contributed by atoms with van der Waals surface area (Å²) in [5.41, 5.74) is -0.264. The van der Waals surface area contributed by atoms with E-state index in [1.165, 1.54) is 38.5 Å². The summed E-state index contributed by atoms with van der Waals surface area (Å²) in [7, 11) is 1.45. The summed E-state index contributed by atoms with van der Waals surface area (Å²) >= 11 is 6.50. The van der Waals surface area contributed by atoms with E-state index < -0.39 is 55.5 Å². The Morgan fingerprint density at radius 2 is 1.84 bits per heavy atom. The van der Waals surface area contributed by atoms with E-state index in [1.54, 1.807) is 18.1 Å². The van der Waals surface area contributed by atoms with Crippen molar-refractivity contribution in [3.63, 3.8) is 0 Å². The van der Waals surface area contributed by atoms with Gasteiger partial charge >= 0.3 is 0 Å². The molecule has 5 rings (SSSR count). The Hall–Kier alpha value is -3.26. The van der Waals surface area contributed by atoms with E-state index in [1.807, 2.05) is 7.05 Å². The van der Waals surface area contributed by atoms with Gasteiger partial charge < -0.3 is 24.0 Å². The third-order valence-electron chi connectivity index (χ3n) is 8.80. The number of anilines is 2. The van der Waals surface area contributed by atoms with Crippen molar-refractivity contribution >= 4 is 33.1 Å². The summed E-state index contributed by atoms with van der Waals surface area (Å²) in [5.74, 6) is -3.52. The second kappa shape index (κ2) is 13.2. The maximum atomic E-state index is 16.1. The van der Waals surface area contributed by atoms with Crippen LogP contribution in [0.15, 0.2) is 47.4 Å². The van der Waals surface area contributed by atoms with Crippen LogP contribution >= 0.6 is 11.6 Å². The third-order valence-corrected chi connectivity index (χ3v) is 10.9. The Morgan fingerprint density at radius 3 is 2.51 bits per heavy atom. The van der Waals surface area contributed by atoms with Crippen molar-refractivity contribution in [2.75, 3.05) is 57.2 Å². The van der Waals surface area contributed by atoms with Gasteiger partial charge in [0.2, 0.25) is 5.95 Å². The number of likely N-dealkylation sites (tertiary alicyclic amines) is 1. The number of rotatable bonds is 10. The molecule has 0 aliphatic carbocycles. The van der Waals surface area contributed by atoms with Crippen molar-refractivity contribution in [2.24, 2.45) is 0 Å². The molecule has 14 heteroatoms. The fraction of sp³-hybridized carbons (Fsp3) is 0.452. The number of aromatic nitrogens is 1. The van der Waals surface area contributed by atoms with Gasteiger partial charge in [-0.3, -0.25) is 0 Å². The number of hydrogen-bond acceptors (Lipinski definition) is 8. The number of nitrogens with zero attached hydrogens (tertiary/aromatic N) is 4. The molecule has 2 atom stereocenters. The van der Waals surface area contributed by atoms with Crippen LogP contribution in [0.25, 0.3) is 0 Å². The first kappa shape index (κ1) is 33.1. The number of ether oxygens (including phenoxy) is 3. The van der Waals surface area contributed by atoms with Crippen molar-refractivity contribution in [1.29, 1.82) is 0 Å². The normalized spacial score (nSPS) is 20.8. The molecule has 9 nitrogen and oxygen atoms in total. The van der Waals surface area contributed by atoms with E-state index in [0.717, 1.165) is 37.9 Å². The minimum Gasteiger partial charge on any atom is -0.497 e. The summed E-state index contributed by atoms with van der Waals surface area (Å²) in [6, 6.07) is 9.14. The van der Waals surface area contributed by atoms with Crippen LogP contribution in [0.4, 0.5) is 24.7 Å². The molecule has 0 amide bonds. The molecule has 2 saturated heterocycles. The van der Waals surface area contributed by atoms with Gasteiger partial charge in [0.15, 0.2) is 10.7 Å². The number of hydrogen-bond donors (Lipinski definition) is 0. The van der Waals surface area contributed by atoms with Gasteiger partial charge in [0.25, 0.3) is 10.0 Å². The van der Waals surface area contributed by atoms with E-state index >= 15 is 8.78 Å². The second-order valence-corrected chi connectivity index (χ2v) is 13.5. The Labute approximate surface area is 266 Å². The lowest BCUT2D eigenvalue weighted by atomic mass is 9.85. The lowest BCUT2D eigenvalue weighted by Crippen LogP contribution is -2.56. The lowest BCUT2D eigenvalue weighted by molar-refractivity contribution is -0.0689. The van der Waals surface area contributed by atoms with Crippen molar-refractivity contribution in [2.45, 2.75) is 48.8 Å². The molecule has 2 aliphatic rings. The fourth-order valence-corrected chi connectivity index (χ4v) is 8.27. The Morgan fingerprint density at radius 1 is 1.07 bits per heavy atom. The number of pyridine rings is 1. The quantitative estimate of drug-likeness (QED) is 0.203. The minimum atomic E-state index is -5.05. The van der Waals surface area contributed by atoms with E-state index in [2.05, 4.69) is 9.88 Å². The molecule has 3 heterocycles. The van der Waals surface area contributed by atoms with Gasteiger partial charge in [-0.05, 0) is 57.1 Å². The molecule has 0 radical (unpaired) electrons. The van der Waals surface area contributed by atoms with Gasteiger partial charge in [0.1, 0.15) is 33.8 Å². The van der Waals surface area contributed by atoms with Gasteiger partial charge in [-0.25, -0.2) is 26.5 Å². The smallest absolute Gasteiger partial charge is 0.271 e. The van der Waals surface area contributed by atoms with Crippen molar-refractivity contribution in [1.82, 2.24) is 9.88 Å². The van der Waals surface area contributed by atoms with Crippen LogP contribution < -0.4 is 18.7 Å². The zero-order valence-corrected chi connectivity index (χ0v) is 27.1. The predicted octanol–water partition coefficient (Wildman–Crippen LogP) is 5.64. The zero-order chi connectivity index (χ0) is 32.5. The molecule has 2 unspecified atom stereocenters. The summed E-state index contributed by atoms with van der Waals surface area (Å²) in [5, 5.41) is -0.548. The first-order valence-electron chi connectivity index (χ1n) is 14.5. The van der Waals surface area contributed by atoms with Crippen LogP contribution in [0.5, 0.6) is 11.5 Å². The molecule has 2 fully saturated rings. The van der Waals surface area contributed by atoms with Gasteiger partial charge in [0.05, 0.1) is 26.5 Å². The molecule has 0 bridgehead atoms. The number of piperidine rings is 1. The van der Waals surface area contributed by atoms with Crippen LogP contribution in [0.1, 0.15) is 31.2 Å². The van der Waals surface area contributed by atoms with E-state index in [4.69, 9.17) is 25.8 Å². The van der Waals surface area contributed by atoms with E-state index in [0.29, 0.717) is 35.1 Å². The number of halogens is 4. The van der Waals surface area contributed by atoms with Gasteiger partial charge in [-0.2, -0.15) is 4.39 Å². The topological polar surface area (TPSA) is 84.4 Å². The average molecular weight is 669 g/mol. The molecule has 45 heavy (non-hydrogen) atoms. The highest BCUT2D eigenvalue weighted by Gasteiger charge is 2.48. The SMILES string of the molecule is COc1ccc(CN(c2cccc(F)n2)S(=O)(=O)c2c(F)cc(N3CCC(OC)(C4CCCCN4C)C3)c(Cl)c2F)c(OC)c1. The maximum absolute atomic E-state index is 16.1. The first-order chi connectivity index (χ1) is 21.4. The summed E-state index contributed by atoms with van der Waals surface area (Å²) in [6.45, 7) is 1.15. The Balaban J connectivity index is 1.54. The van der Waals surface area contributed by atoms with E-state index in [9.17, 15) is 12.8 Å². The molecular weight excluding hydrogens is 633 g/mol. The first-order valence-corrected chi connectivity index (χ1v) is 16.3. The summed E-state index contributed by atoms with van der Waals surface area (Å²) < 4.78 is 91.8. The monoisotopic (exact) mass is 668 g/mol. The van der Waals surface area contributed by atoms with Gasteiger partial charge in [-0.15, -0.1) is 0 Å². The van der Waals surface area contributed by atoms with E-state index in [-0.39, 0.29) is 17.5 Å². The molecule has 0 saturated carbocycles. The Bertz CT molecular complexity index is 1670. The number of benzene rings is 2. The molecule has 0 spiro atoms. The van der Waals surface area contributed by atoms with Gasteiger partial charge in [0, 0.05) is 43.9 Å². The van der Waals surface area contributed by atoms with Crippen LogP contribution in [0, 0.1) is 17.6 Å². The molecular formula is C31H36ClF3N4O5S.